The molecule has 0 aromatic heterocycles. The summed E-state index contributed by atoms with van der Waals surface area (Å²) in [6, 6.07) is 4.43. The first kappa shape index (κ1) is 11.3. The number of ether oxygens (including phenoxy) is 1. The lowest BCUT2D eigenvalue weighted by molar-refractivity contribution is -0.0498. The number of benzene rings is 1. The zero-order chi connectivity index (χ0) is 11.7. The van der Waals surface area contributed by atoms with Gasteiger partial charge in [0.1, 0.15) is 5.75 Å². The van der Waals surface area contributed by atoms with Crippen LogP contribution in [0.5, 0.6) is 5.75 Å². The van der Waals surface area contributed by atoms with E-state index in [-0.39, 0.29) is 11.7 Å². The molecule has 0 saturated heterocycles. The van der Waals surface area contributed by atoms with Crippen LogP contribution in [0.1, 0.15) is 15.9 Å². The van der Waals surface area contributed by atoms with Gasteiger partial charge in [0.2, 0.25) is 0 Å². The van der Waals surface area contributed by atoms with Gasteiger partial charge in [0.05, 0.1) is 5.45 Å². The van der Waals surface area contributed by atoms with Crippen LogP contribution in [-0.4, -0.2) is 22.9 Å². The van der Waals surface area contributed by atoms with Crippen LogP contribution in [0, 0.1) is 0 Å². The number of amides is 1. The fourth-order valence-electron chi connectivity index (χ4n) is 1.61. The molecule has 0 bridgehead atoms. The van der Waals surface area contributed by atoms with Crippen molar-refractivity contribution in [3.8, 4) is 5.75 Å². The van der Waals surface area contributed by atoms with Crippen molar-refractivity contribution in [2.24, 2.45) is 0 Å². The fourth-order valence-corrected chi connectivity index (χ4v) is 2.02. The number of hydrogen-bond acceptors (Lipinski definition) is 2. The molecule has 6 heteroatoms. The van der Waals surface area contributed by atoms with Crippen molar-refractivity contribution in [1.82, 2.24) is 4.90 Å². The Labute approximate surface area is 99.1 Å². The molecule has 1 heterocycles. The van der Waals surface area contributed by atoms with Crippen molar-refractivity contribution < 1.29 is 18.3 Å². The maximum absolute atomic E-state index is 12.0. The Morgan fingerprint density at radius 3 is 2.88 bits per heavy atom. The van der Waals surface area contributed by atoms with E-state index in [1.807, 2.05) is 0 Å². The van der Waals surface area contributed by atoms with Crippen LogP contribution in [0.25, 0.3) is 0 Å². The van der Waals surface area contributed by atoms with Crippen LogP contribution < -0.4 is 4.74 Å². The van der Waals surface area contributed by atoms with Crippen molar-refractivity contribution in [3.63, 3.8) is 0 Å². The van der Waals surface area contributed by atoms with E-state index in [0.29, 0.717) is 17.6 Å². The number of carbonyl (C=O) groups excluding carboxylic acids is 1. The van der Waals surface area contributed by atoms with Crippen LogP contribution in [0.4, 0.5) is 8.78 Å². The highest BCUT2D eigenvalue weighted by Crippen LogP contribution is 2.27. The van der Waals surface area contributed by atoms with Crippen molar-refractivity contribution in [3.05, 3.63) is 29.3 Å². The van der Waals surface area contributed by atoms with Gasteiger partial charge in [-0.05, 0) is 17.7 Å². The molecular weight excluding hydrogens is 284 g/mol. The normalized spacial score (nSPS) is 14.5. The van der Waals surface area contributed by atoms with Crippen LogP contribution >= 0.6 is 15.9 Å². The van der Waals surface area contributed by atoms with Gasteiger partial charge in [-0.2, -0.15) is 8.78 Å². The number of nitrogens with zero attached hydrogens (tertiary/aromatic N) is 1. The molecule has 1 amide bonds. The van der Waals surface area contributed by atoms with Crippen molar-refractivity contribution >= 4 is 21.8 Å². The zero-order valence-electron chi connectivity index (χ0n) is 8.12. The Kier molecular flexibility index (Phi) is 3.09. The van der Waals surface area contributed by atoms with Crippen LogP contribution in [0.2, 0.25) is 0 Å². The number of rotatable bonds is 3. The van der Waals surface area contributed by atoms with E-state index in [0.717, 1.165) is 5.56 Å². The lowest BCUT2D eigenvalue weighted by Crippen LogP contribution is -2.21. The summed E-state index contributed by atoms with van der Waals surface area (Å²) in [4.78, 5) is 13.3. The van der Waals surface area contributed by atoms with E-state index < -0.39 is 6.61 Å². The van der Waals surface area contributed by atoms with Crippen molar-refractivity contribution in [1.29, 1.82) is 0 Å². The second kappa shape index (κ2) is 4.37. The van der Waals surface area contributed by atoms with Gasteiger partial charge in [-0.15, -0.1) is 0 Å². The van der Waals surface area contributed by atoms with E-state index in [9.17, 15) is 13.6 Å². The fraction of sp³-hybridized carbons (Fsp3) is 0.300. The first-order valence-electron chi connectivity index (χ1n) is 4.55. The number of halogens is 3. The van der Waals surface area contributed by atoms with E-state index in [1.165, 1.54) is 12.1 Å². The molecule has 86 valence electrons. The zero-order valence-corrected chi connectivity index (χ0v) is 9.71. The molecule has 16 heavy (non-hydrogen) atoms. The summed E-state index contributed by atoms with van der Waals surface area (Å²) >= 11 is 3.19. The number of carbonyl (C=O) groups is 1. The minimum atomic E-state index is -2.87. The Bertz CT molecular complexity index is 425. The molecule has 0 atom stereocenters. The molecule has 0 aliphatic carbocycles. The van der Waals surface area contributed by atoms with Gasteiger partial charge in [-0.3, -0.25) is 4.79 Å². The maximum atomic E-state index is 12.0. The topological polar surface area (TPSA) is 29.5 Å². The van der Waals surface area contributed by atoms with Gasteiger partial charge in [-0.25, -0.2) is 0 Å². The van der Waals surface area contributed by atoms with Crippen molar-refractivity contribution in [2.75, 3.05) is 5.45 Å². The first-order chi connectivity index (χ1) is 7.61. The number of hydrogen-bond donors (Lipinski definition) is 0. The smallest absolute Gasteiger partial charge is 0.387 e. The second-order valence-electron chi connectivity index (χ2n) is 3.32. The Hall–Kier alpha value is -1.17. The predicted molar refractivity (Wildman–Crippen MR) is 56.7 cm³/mol. The van der Waals surface area contributed by atoms with Gasteiger partial charge in [0.25, 0.3) is 5.91 Å². The lowest BCUT2D eigenvalue weighted by atomic mass is 10.1. The summed E-state index contributed by atoms with van der Waals surface area (Å²) in [5, 5.41) is 0. The molecule has 1 aromatic carbocycles. The Morgan fingerprint density at radius 1 is 1.50 bits per heavy atom. The summed E-state index contributed by atoms with van der Waals surface area (Å²) in [6.07, 6.45) is 0. The molecule has 3 nitrogen and oxygen atoms in total. The van der Waals surface area contributed by atoms with Crippen LogP contribution in [0.15, 0.2) is 18.2 Å². The minimum absolute atomic E-state index is 0.0125. The highest BCUT2D eigenvalue weighted by atomic mass is 79.9. The summed E-state index contributed by atoms with van der Waals surface area (Å²) < 4.78 is 28.2. The lowest BCUT2D eigenvalue weighted by Gasteiger charge is -2.09. The quantitative estimate of drug-likeness (QED) is 0.633. The third-order valence-corrected chi connectivity index (χ3v) is 2.94. The predicted octanol–water partition coefficient (Wildman–Crippen LogP) is 2.60. The van der Waals surface area contributed by atoms with Gasteiger partial charge in [-0.1, -0.05) is 22.0 Å². The average Bonchev–Trinajstić information content (AvgIpc) is 2.55. The molecule has 0 radical (unpaired) electrons. The standard InChI is InChI=1S/C10H8BrF2NO2/c11-5-14-4-6-1-2-7(16-10(12)13)3-8(6)9(14)15/h1-3,10H,4-5H2. The van der Waals surface area contributed by atoms with Gasteiger partial charge >= 0.3 is 6.61 Å². The molecule has 2 rings (SSSR count). The average molecular weight is 292 g/mol. The van der Waals surface area contributed by atoms with Crippen LogP contribution in [0.3, 0.4) is 0 Å². The SMILES string of the molecule is O=C1c2cc(OC(F)F)ccc2CN1CBr. The van der Waals surface area contributed by atoms with E-state index in [4.69, 9.17) is 0 Å². The summed E-state index contributed by atoms with van der Waals surface area (Å²) in [6.45, 7) is -2.38. The minimum Gasteiger partial charge on any atom is -0.435 e. The molecule has 0 spiro atoms. The highest BCUT2D eigenvalue weighted by Gasteiger charge is 2.27. The molecule has 0 unspecified atom stereocenters. The molecule has 0 N–H and O–H groups in total. The van der Waals surface area contributed by atoms with E-state index >= 15 is 0 Å². The van der Waals surface area contributed by atoms with Gasteiger partial charge in [0.15, 0.2) is 0 Å². The third kappa shape index (κ3) is 2.02. The molecule has 0 fully saturated rings. The molecule has 1 aromatic rings. The summed E-state index contributed by atoms with van der Waals surface area (Å²) in [5.41, 5.74) is 1.68. The number of alkyl halides is 3. The van der Waals surface area contributed by atoms with Gasteiger partial charge in [0, 0.05) is 12.1 Å². The maximum Gasteiger partial charge on any atom is 0.387 e. The Morgan fingerprint density at radius 2 is 2.25 bits per heavy atom. The molecule has 1 aliphatic heterocycles. The second-order valence-corrected chi connectivity index (χ2v) is 3.82. The monoisotopic (exact) mass is 291 g/mol. The van der Waals surface area contributed by atoms with E-state index in [1.54, 1.807) is 11.0 Å². The Balaban J connectivity index is 2.28. The first-order valence-corrected chi connectivity index (χ1v) is 5.67. The van der Waals surface area contributed by atoms with Crippen LogP contribution in [-0.2, 0) is 6.54 Å². The van der Waals surface area contributed by atoms with E-state index in [2.05, 4.69) is 20.7 Å². The largest absolute Gasteiger partial charge is 0.435 e. The van der Waals surface area contributed by atoms with Gasteiger partial charge < -0.3 is 9.64 Å². The molecule has 1 aliphatic rings. The summed E-state index contributed by atoms with van der Waals surface area (Å²) in [5.74, 6) is -0.162. The van der Waals surface area contributed by atoms with Crippen molar-refractivity contribution in [2.45, 2.75) is 13.2 Å². The molecular formula is C10H8BrF2NO2. The number of fused-ring (bicyclic) bond motifs is 1. The summed E-state index contributed by atoms with van der Waals surface area (Å²) in [7, 11) is 0. The highest BCUT2D eigenvalue weighted by molar-refractivity contribution is 9.09. The molecule has 0 saturated carbocycles. The third-order valence-electron chi connectivity index (χ3n) is 2.33.